The Morgan fingerprint density at radius 1 is 1.15 bits per heavy atom. The number of hydrogen-bond acceptors (Lipinski definition) is 7. The fraction of sp³-hybridized carbons (Fsp3) is 0.900. The first-order valence-electron chi connectivity index (χ1n) is 9.67. The second-order valence-electron chi connectivity index (χ2n) is 9.34. The maximum atomic E-state index is 12.6. The quantitative estimate of drug-likeness (QED) is 0.506. The fourth-order valence-electron chi connectivity index (χ4n) is 3.84. The molecule has 1 rings (SSSR count). The van der Waals surface area contributed by atoms with Gasteiger partial charge in [0.25, 0.3) is 0 Å². The van der Waals surface area contributed by atoms with Gasteiger partial charge < -0.3 is 14.6 Å². The van der Waals surface area contributed by atoms with Gasteiger partial charge in [-0.3, -0.25) is 14.4 Å². The van der Waals surface area contributed by atoms with Crippen molar-refractivity contribution in [2.75, 3.05) is 13.7 Å². The third kappa shape index (κ3) is 6.73. The molecule has 0 saturated carbocycles. The van der Waals surface area contributed by atoms with Crippen molar-refractivity contribution in [3.8, 4) is 0 Å². The molecule has 158 valence electrons. The second-order valence-corrected chi connectivity index (χ2v) is 9.34. The van der Waals surface area contributed by atoms with Crippen molar-refractivity contribution >= 4 is 11.9 Å². The highest BCUT2D eigenvalue weighted by Gasteiger charge is 2.48. The van der Waals surface area contributed by atoms with Gasteiger partial charge in [-0.1, -0.05) is 13.3 Å². The van der Waals surface area contributed by atoms with Gasteiger partial charge in [-0.15, -0.1) is 0 Å². The molecule has 1 N–H and O–H groups in total. The van der Waals surface area contributed by atoms with E-state index < -0.39 is 34.5 Å². The largest absolute Gasteiger partial charge is 0.468 e. The average molecular weight is 388 g/mol. The van der Waals surface area contributed by atoms with Crippen LogP contribution in [0.25, 0.3) is 0 Å². The van der Waals surface area contributed by atoms with Crippen LogP contribution in [0.2, 0.25) is 0 Å². The first-order valence-corrected chi connectivity index (χ1v) is 9.67. The van der Waals surface area contributed by atoms with Crippen LogP contribution < -0.4 is 0 Å². The van der Waals surface area contributed by atoms with Gasteiger partial charge in [-0.25, -0.2) is 0 Å². The van der Waals surface area contributed by atoms with Crippen LogP contribution in [0.4, 0.5) is 0 Å². The molecular formula is C20H37NO6. The lowest BCUT2D eigenvalue weighted by Gasteiger charge is -2.53. The molecular weight excluding hydrogens is 350 g/mol. The summed E-state index contributed by atoms with van der Waals surface area (Å²) in [6, 6.07) is 0. The molecule has 0 aromatic rings. The van der Waals surface area contributed by atoms with Crippen molar-refractivity contribution < 1.29 is 29.0 Å². The van der Waals surface area contributed by atoms with Crippen LogP contribution in [-0.4, -0.2) is 58.6 Å². The first-order chi connectivity index (χ1) is 12.2. The summed E-state index contributed by atoms with van der Waals surface area (Å²) in [4.78, 5) is 30.4. The predicted molar refractivity (Wildman–Crippen MR) is 102 cm³/mol. The number of piperidine rings is 1. The lowest BCUT2D eigenvalue weighted by molar-refractivity contribution is -0.306. The molecule has 0 bridgehead atoms. The van der Waals surface area contributed by atoms with Crippen LogP contribution >= 0.6 is 0 Å². The summed E-state index contributed by atoms with van der Waals surface area (Å²) in [6.45, 7) is 13.5. The molecule has 0 amide bonds. The molecule has 0 spiro atoms. The molecule has 1 aliphatic heterocycles. The molecule has 1 heterocycles. The number of ether oxygens (including phenoxy) is 2. The van der Waals surface area contributed by atoms with Crippen LogP contribution in [0.3, 0.4) is 0 Å². The zero-order valence-corrected chi connectivity index (χ0v) is 18.1. The minimum atomic E-state index is -0.941. The van der Waals surface area contributed by atoms with E-state index in [9.17, 15) is 14.7 Å². The molecule has 7 nitrogen and oxygen atoms in total. The third-order valence-corrected chi connectivity index (χ3v) is 4.73. The lowest BCUT2D eigenvalue weighted by Crippen LogP contribution is -2.62. The van der Waals surface area contributed by atoms with Crippen molar-refractivity contribution in [1.82, 2.24) is 5.06 Å². The Balaban J connectivity index is 2.87. The SMILES string of the molecule is CCCC(C(=O)OC)C(=O)OC1CC(C)(C)N(OCC(C)(C)O)C(C)(C)C1. The van der Waals surface area contributed by atoms with Gasteiger partial charge >= 0.3 is 11.9 Å². The third-order valence-electron chi connectivity index (χ3n) is 4.73. The molecule has 0 aliphatic carbocycles. The van der Waals surface area contributed by atoms with E-state index in [1.54, 1.807) is 13.8 Å². The molecule has 0 radical (unpaired) electrons. The van der Waals surface area contributed by atoms with E-state index >= 15 is 0 Å². The van der Waals surface area contributed by atoms with Crippen molar-refractivity contribution in [1.29, 1.82) is 0 Å². The van der Waals surface area contributed by atoms with Gasteiger partial charge in [0.2, 0.25) is 0 Å². The fourth-order valence-corrected chi connectivity index (χ4v) is 3.84. The maximum absolute atomic E-state index is 12.6. The number of methoxy groups -OCH3 is 1. The maximum Gasteiger partial charge on any atom is 0.320 e. The lowest BCUT2D eigenvalue weighted by atomic mass is 9.80. The molecule has 1 aliphatic rings. The molecule has 1 saturated heterocycles. The topological polar surface area (TPSA) is 85.3 Å². The summed E-state index contributed by atoms with van der Waals surface area (Å²) < 4.78 is 10.5. The highest BCUT2D eigenvalue weighted by Crippen LogP contribution is 2.40. The van der Waals surface area contributed by atoms with Gasteiger partial charge in [0.15, 0.2) is 5.92 Å². The Hall–Kier alpha value is -1.18. The molecule has 1 unspecified atom stereocenters. The number of aliphatic hydroxyl groups is 1. The minimum absolute atomic E-state index is 0.172. The van der Waals surface area contributed by atoms with Crippen molar-refractivity contribution in [3.05, 3.63) is 0 Å². The molecule has 1 atom stereocenters. The number of nitrogens with zero attached hydrogens (tertiary/aromatic N) is 1. The Morgan fingerprint density at radius 3 is 2.07 bits per heavy atom. The van der Waals surface area contributed by atoms with E-state index in [4.69, 9.17) is 14.3 Å². The monoisotopic (exact) mass is 387 g/mol. The van der Waals surface area contributed by atoms with Gasteiger partial charge in [-0.05, 0) is 48.0 Å². The van der Waals surface area contributed by atoms with E-state index in [1.807, 2.05) is 39.7 Å². The summed E-state index contributed by atoms with van der Waals surface area (Å²) in [5.41, 5.74) is -1.77. The Kier molecular flexibility index (Phi) is 7.85. The highest BCUT2D eigenvalue weighted by atomic mass is 16.7. The number of rotatable bonds is 8. The molecule has 0 aromatic carbocycles. The van der Waals surface area contributed by atoms with Gasteiger partial charge in [0.05, 0.1) is 19.3 Å². The summed E-state index contributed by atoms with van der Waals surface area (Å²) >= 11 is 0. The Labute approximate surface area is 163 Å². The van der Waals surface area contributed by atoms with Crippen molar-refractivity contribution in [2.45, 2.75) is 96.9 Å². The van der Waals surface area contributed by atoms with Crippen LogP contribution in [0.5, 0.6) is 0 Å². The predicted octanol–water partition coefficient (Wildman–Crippen LogP) is 2.84. The average Bonchev–Trinajstić information content (AvgIpc) is 2.48. The smallest absolute Gasteiger partial charge is 0.320 e. The molecule has 1 fully saturated rings. The number of carbonyl (C=O) groups excluding carboxylic acids is 2. The van der Waals surface area contributed by atoms with Crippen LogP contribution in [0.15, 0.2) is 0 Å². The number of hydrogen-bond donors (Lipinski definition) is 1. The van der Waals surface area contributed by atoms with Gasteiger partial charge in [-0.2, -0.15) is 5.06 Å². The zero-order chi connectivity index (χ0) is 21.0. The van der Waals surface area contributed by atoms with E-state index in [1.165, 1.54) is 7.11 Å². The second kappa shape index (κ2) is 8.88. The highest BCUT2D eigenvalue weighted by molar-refractivity contribution is 5.94. The van der Waals surface area contributed by atoms with Crippen molar-refractivity contribution in [2.24, 2.45) is 5.92 Å². The minimum Gasteiger partial charge on any atom is -0.468 e. The van der Waals surface area contributed by atoms with E-state index in [0.29, 0.717) is 25.7 Å². The van der Waals surface area contributed by atoms with Gasteiger partial charge in [0.1, 0.15) is 6.10 Å². The van der Waals surface area contributed by atoms with E-state index in [0.717, 1.165) is 0 Å². The normalized spacial score (nSPS) is 21.5. The Morgan fingerprint density at radius 2 is 1.67 bits per heavy atom. The number of hydroxylamine groups is 2. The Bertz CT molecular complexity index is 505. The van der Waals surface area contributed by atoms with Gasteiger partial charge in [0, 0.05) is 23.9 Å². The summed E-state index contributed by atoms with van der Waals surface area (Å²) in [6.07, 6.45) is 1.90. The summed E-state index contributed by atoms with van der Waals surface area (Å²) in [7, 11) is 1.28. The first kappa shape index (κ1) is 23.9. The van der Waals surface area contributed by atoms with Crippen LogP contribution in [0, 0.1) is 5.92 Å². The standard InChI is InChI=1S/C20H37NO6/c1-9-10-15(16(22)25-8)17(23)27-14-11-18(2,3)21(19(4,5)12-14)26-13-20(6,7)24/h14-15,24H,9-13H2,1-8H3. The summed E-state index contributed by atoms with van der Waals surface area (Å²) in [5, 5.41) is 11.9. The molecule has 27 heavy (non-hydrogen) atoms. The van der Waals surface area contributed by atoms with E-state index in [2.05, 4.69) is 0 Å². The van der Waals surface area contributed by atoms with Crippen LogP contribution in [-0.2, 0) is 23.9 Å². The van der Waals surface area contributed by atoms with Crippen molar-refractivity contribution in [3.63, 3.8) is 0 Å². The molecule has 7 heteroatoms. The number of carbonyl (C=O) groups is 2. The summed E-state index contributed by atoms with van der Waals surface area (Å²) in [5.74, 6) is -1.95. The van der Waals surface area contributed by atoms with Crippen LogP contribution in [0.1, 0.15) is 74.1 Å². The zero-order valence-electron chi connectivity index (χ0n) is 18.1. The molecule has 0 aromatic heterocycles. The van der Waals surface area contributed by atoms with E-state index in [-0.39, 0.29) is 12.7 Å². The number of esters is 2.